The predicted octanol–water partition coefficient (Wildman–Crippen LogP) is 3.35. The topological polar surface area (TPSA) is 47.6 Å². The van der Waals surface area contributed by atoms with E-state index < -0.39 is 17.7 Å². The largest absolute Gasteiger partial charge is 0.464 e. The first-order valence-electron chi connectivity index (χ1n) is 6.18. The Bertz CT molecular complexity index is 480. The first-order valence-corrected chi connectivity index (χ1v) is 6.56. The molecule has 0 spiro atoms. The molecule has 0 aliphatic rings. The van der Waals surface area contributed by atoms with Gasteiger partial charge in [-0.05, 0) is 25.1 Å². The maximum atomic E-state index is 12.6. The van der Waals surface area contributed by atoms with Gasteiger partial charge in [-0.15, -0.1) is 0 Å². The van der Waals surface area contributed by atoms with Crippen LogP contribution >= 0.6 is 11.6 Å². The Hall–Kier alpha value is -1.47. The van der Waals surface area contributed by atoms with Crippen LogP contribution < -0.4 is 5.32 Å². The zero-order valence-corrected chi connectivity index (χ0v) is 12.1. The van der Waals surface area contributed by atoms with Crippen LogP contribution in [0, 0.1) is 0 Å². The van der Waals surface area contributed by atoms with Crippen molar-refractivity contribution in [2.24, 2.45) is 0 Å². The standard InChI is InChI=1S/C13H15ClF3NO3/c1-2-21-12(19)8-20-6-5-18-11-7-9(13(15,16)17)3-4-10(11)14/h3-4,7,18H,2,5-6,8H2,1H3. The summed E-state index contributed by atoms with van der Waals surface area (Å²) in [5.74, 6) is -0.491. The quantitative estimate of drug-likeness (QED) is 0.617. The number of esters is 1. The summed E-state index contributed by atoms with van der Waals surface area (Å²) < 4.78 is 47.3. The molecule has 0 aromatic heterocycles. The number of hydrogen-bond acceptors (Lipinski definition) is 4. The van der Waals surface area contributed by atoms with Crippen LogP contribution in [-0.2, 0) is 20.4 Å². The van der Waals surface area contributed by atoms with Crippen LogP contribution in [0.1, 0.15) is 12.5 Å². The Kier molecular flexibility index (Phi) is 6.77. The number of rotatable bonds is 7. The fraction of sp³-hybridized carbons (Fsp3) is 0.462. The number of hydrogen-bond donors (Lipinski definition) is 1. The minimum atomic E-state index is -4.43. The summed E-state index contributed by atoms with van der Waals surface area (Å²) in [4.78, 5) is 11.0. The highest BCUT2D eigenvalue weighted by Gasteiger charge is 2.30. The summed E-state index contributed by atoms with van der Waals surface area (Å²) in [6, 6.07) is 3.00. The van der Waals surface area contributed by atoms with E-state index in [1.54, 1.807) is 6.92 Å². The van der Waals surface area contributed by atoms with Crippen LogP contribution in [0.2, 0.25) is 5.02 Å². The number of halogens is 4. The molecule has 0 heterocycles. The number of nitrogens with one attached hydrogen (secondary N) is 1. The molecule has 1 N–H and O–H groups in total. The van der Waals surface area contributed by atoms with E-state index in [1.165, 1.54) is 6.07 Å². The van der Waals surface area contributed by atoms with Crippen molar-refractivity contribution in [3.05, 3.63) is 28.8 Å². The lowest BCUT2D eigenvalue weighted by atomic mass is 10.2. The molecule has 0 radical (unpaired) electrons. The molecule has 0 aliphatic heterocycles. The summed E-state index contributed by atoms with van der Waals surface area (Å²) in [5.41, 5.74) is -0.631. The Labute approximate surface area is 125 Å². The molecular formula is C13H15ClF3NO3. The molecule has 0 atom stereocenters. The molecule has 0 unspecified atom stereocenters. The third kappa shape index (κ3) is 6.22. The number of anilines is 1. The van der Waals surface area contributed by atoms with Gasteiger partial charge in [0.25, 0.3) is 0 Å². The zero-order chi connectivity index (χ0) is 15.9. The molecule has 0 saturated heterocycles. The normalized spacial score (nSPS) is 11.3. The molecule has 118 valence electrons. The fourth-order valence-electron chi connectivity index (χ4n) is 1.45. The van der Waals surface area contributed by atoms with E-state index >= 15 is 0 Å². The van der Waals surface area contributed by atoms with Gasteiger partial charge in [-0.25, -0.2) is 4.79 Å². The van der Waals surface area contributed by atoms with Crippen LogP contribution in [0.4, 0.5) is 18.9 Å². The van der Waals surface area contributed by atoms with Crippen LogP contribution in [0.25, 0.3) is 0 Å². The first-order chi connectivity index (χ1) is 9.84. The highest BCUT2D eigenvalue weighted by Crippen LogP contribution is 2.33. The van der Waals surface area contributed by atoms with Crippen LogP contribution in [0.3, 0.4) is 0 Å². The second-order valence-electron chi connectivity index (χ2n) is 3.98. The van der Waals surface area contributed by atoms with Crippen LogP contribution in [-0.4, -0.2) is 32.3 Å². The van der Waals surface area contributed by atoms with E-state index in [4.69, 9.17) is 16.3 Å². The Balaban J connectivity index is 2.43. The number of ether oxygens (including phenoxy) is 2. The highest BCUT2D eigenvalue weighted by molar-refractivity contribution is 6.33. The zero-order valence-electron chi connectivity index (χ0n) is 11.3. The minimum absolute atomic E-state index is 0.130. The van der Waals surface area contributed by atoms with Gasteiger partial charge in [0.15, 0.2) is 0 Å². The summed E-state index contributed by atoms with van der Waals surface area (Å²) >= 11 is 5.81. The first kappa shape index (κ1) is 17.6. The molecule has 0 amide bonds. The lowest BCUT2D eigenvalue weighted by molar-refractivity contribution is -0.148. The molecule has 1 rings (SSSR count). The summed E-state index contributed by atoms with van der Waals surface area (Å²) in [6.45, 7) is 2.08. The molecule has 8 heteroatoms. The number of benzene rings is 1. The average molecular weight is 326 g/mol. The molecule has 0 aliphatic carbocycles. The lowest BCUT2D eigenvalue weighted by Gasteiger charge is -2.12. The molecular weight excluding hydrogens is 311 g/mol. The lowest BCUT2D eigenvalue weighted by Crippen LogP contribution is -2.17. The van der Waals surface area contributed by atoms with Gasteiger partial charge in [-0.2, -0.15) is 13.2 Å². The third-order valence-corrected chi connectivity index (χ3v) is 2.71. The van der Waals surface area contributed by atoms with Crippen molar-refractivity contribution in [1.29, 1.82) is 0 Å². The Morgan fingerprint density at radius 1 is 1.38 bits per heavy atom. The van der Waals surface area contributed by atoms with Gasteiger partial charge in [-0.3, -0.25) is 0 Å². The van der Waals surface area contributed by atoms with Gasteiger partial charge < -0.3 is 14.8 Å². The smallest absolute Gasteiger partial charge is 0.416 e. The van der Waals surface area contributed by atoms with Crippen molar-refractivity contribution in [2.75, 3.05) is 31.7 Å². The maximum Gasteiger partial charge on any atom is 0.416 e. The predicted molar refractivity (Wildman–Crippen MR) is 72.4 cm³/mol. The monoisotopic (exact) mass is 325 g/mol. The van der Waals surface area contributed by atoms with Gasteiger partial charge in [-0.1, -0.05) is 11.6 Å². The number of carbonyl (C=O) groups is 1. The van der Waals surface area contributed by atoms with Gasteiger partial charge in [0.2, 0.25) is 0 Å². The molecule has 4 nitrogen and oxygen atoms in total. The maximum absolute atomic E-state index is 12.6. The summed E-state index contributed by atoms with van der Waals surface area (Å²) in [7, 11) is 0. The fourth-order valence-corrected chi connectivity index (χ4v) is 1.64. The van der Waals surface area contributed by atoms with Crippen molar-refractivity contribution in [3.8, 4) is 0 Å². The van der Waals surface area contributed by atoms with E-state index in [1.807, 2.05) is 0 Å². The minimum Gasteiger partial charge on any atom is -0.464 e. The molecule has 0 bridgehead atoms. The molecule has 21 heavy (non-hydrogen) atoms. The second-order valence-corrected chi connectivity index (χ2v) is 4.38. The van der Waals surface area contributed by atoms with Crippen LogP contribution in [0.5, 0.6) is 0 Å². The second kappa shape index (κ2) is 8.09. The van der Waals surface area contributed by atoms with E-state index in [9.17, 15) is 18.0 Å². The van der Waals surface area contributed by atoms with Crippen molar-refractivity contribution in [3.63, 3.8) is 0 Å². The average Bonchev–Trinajstić information content (AvgIpc) is 2.39. The summed E-state index contributed by atoms with van der Waals surface area (Å²) in [5, 5.41) is 2.90. The van der Waals surface area contributed by atoms with Gasteiger partial charge in [0.1, 0.15) is 6.61 Å². The SMILES string of the molecule is CCOC(=O)COCCNc1cc(C(F)(F)F)ccc1Cl. The van der Waals surface area contributed by atoms with E-state index in [0.717, 1.165) is 12.1 Å². The van der Waals surface area contributed by atoms with E-state index in [0.29, 0.717) is 0 Å². The number of alkyl halides is 3. The Morgan fingerprint density at radius 2 is 2.10 bits per heavy atom. The van der Waals surface area contributed by atoms with Gasteiger partial charge >= 0.3 is 12.1 Å². The van der Waals surface area contributed by atoms with E-state index in [2.05, 4.69) is 10.1 Å². The van der Waals surface area contributed by atoms with Crippen molar-refractivity contribution < 1.29 is 27.4 Å². The molecule has 1 aromatic carbocycles. The van der Waals surface area contributed by atoms with Gasteiger partial charge in [0.05, 0.1) is 29.5 Å². The summed E-state index contributed by atoms with van der Waals surface area (Å²) in [6.07, 6.45) is -4.43. The van der Waals surface area contributed by atoms with Crippen molar-refractivity contribution in [1.82, 2.24) is 0 Å². The highest BCUT2D eigenvalue weighted by atomic mass is 35.5. The van der Waals surface area contributed by atoms with Crippen molar-refractivity contribution >= 4 is 23.3 Å². The third-order valence-electron chi connectivity index (χ3n) is 2.38. The van der Waals surface area contributed by atoms with Gasteiger partial charge in [0, 0.05) is 6.54 Å². The number of carbonyl (C=O) groups excluding carboxylic acids is 1. The van der Waals surface area contributed by atoms with Crippen molar-refractivity contribution in [2.45, 2.75) is 13.1 Å². The molecule has 0 saturated carbocycles. The van der Waals surface area contributed by atoms with E-state index in [-0.39, 0.29) is 37.1 Å². The molecule has 1 aromatic rings. The van der Waals surface area contributed by atoms with Crippen LogP contribution in [0.15, 0.2) is 18.2 Å². The molecule has 0 fully saturated rings. The Morgan fingerprint density at radius 3 is 2.71 bits per heavy atom.